The van der Waals surface area contributed by atoms with Gasteiger partial charge in [0.15, 0.2) is 6.61 Å². The molecule has 6 rings (SSSR count). The van der Waals surface area contributed by atoms with Crippen LogP contribution in [0.5, 0.6) is 5.75 Å². The number of pyridine rings is 1. The van der Waals surface area contributed by atoms with E-state index in [1.54, 1.807) is 23.1 Å². The standard InChI is InChI=1S/C23H21F3N6O3/c24-23(25,26)11-35-13-2-4-19(27-6-13)22(34)32-9-16-14-7-31(8-15(14)17(16)10-32)21(33)12-1-3-18-20(5-12)29-30-28-18/h1-6,14-17H,7-11H2,(H,28,29,30)/t14-,15+,16+,17-. The van der Waals surface area contributed by atoms with Gasteiger partial charge in [-0.3, -0.25) is 9.59 Å². The van der Waals surface area contributed by atoms with Crippen LogP contribution in [0.1, 0.15) is 20.8 Å². The Balaban J connectivity index is 1.06. The van der Waals surface area contributed by atoms with Gasteiger partial charge in [-0.2, -0.15) is 28.6 Å². The third-order valence-electron chi connectivity index (χ3n) is 7.42. The molecule has 12 heteroatoms. The lowest BCUT2D eigenvalue weighted by Crippen LogP contribution is -2.44. The number of fused-ring (bicyclic) bond motifs is 5. The van der Waals surface area contributed by atoms with E-state index in [2.05, 4.69) is 25.1 Å². The van der Waals surface area contributed by atoms with Gasteiger partial charge in [0, 0.05) is 31.7 Å². The number of amides is 2. The van der Waals surface area contributed by atoms with E-state index in [0.29, 0.717) is 66.4 Å². The number of nitrogens with one attached hydrogen (secondary N) is 1. The summed E-state index contributed by atoms with van der Waals surface area (Å²) >= 11 is 0. The monoisotopic (exact) mass is 486 g/mol. The fourth-order valence-corrected chi connectivity index (χ4v) is 5.78. The minimum atomic E-state index is -4.44. The zero-order chi connectivity index (χ0) is 24.3. The molecule has 0 spiro atoms. The average Bonchev–Trinajstić information content (AvgIpc) is 3.55. The van der Waals surface area contributed by atoms with Crippen LogP contribution >= 0.6 is 0 Å². The van der Waals surface area contributed by atoms with E-state index in [1.165, 1.54) is 12.1 Å². The van der Waals surface area contributed by atoms with E-state index < -0.39 is 12.8 Å². The summed E-state index contributed by atoms with van der Waals surface area (Å²) in [4.78, 5) is 33.6. The summed E-state index contributed by atoms with van der Waals surface area (Å²) in [5.74, 6) is 1.05. The molecule has 1 aliphatic carbocycles. The summed E-state index contributed by atoms with van der Waals surface area (Å²) < 4.78 is 41.5. The van der Waals surface area contributed by atoms with Crippen molar-refractivity contribution in [2.24, 2.45) is 23.7 Å². The molecule has 2 aromatic heterocycles. The van der Waals surface area contributed by atoms with Gasteiger partial charge >= 0.3 is 6.18 Å². The zero-order valence-corrected chi connectivity index (χ0v) is 18.4. The van der Waals surface area contributed by atoms with Crippen LogP contribution in [0, 0.1) is 23.7 Å². The molecular formula is C23H21F3N6O3. The summed E-state index contributed by atoms with van der Waals surface area (Å²) in [6.45, 7) is 1.09. The van der Waals surface area contributed by atoms with Crippen molar-refractivity contribution in [2.45, 2.75) is 6.18 Å². The van der Waals surface area contributed by atoms with Crippen LogP contribution in [-0.4, -0.2) is 81.0 Å². The smallest absolute Gasteiger partial charge is 0.422 e. The van der Waals surface area contributed by atoms with Gasteiger partial charge in [0.1, 0.15) is 22.5 Å². The highest BCUT2D eigenvalue weighted by Crippen LogP contribution is 2.54. The predicted octanol–water partition coefficient (Wildman–Crippen LogP) is 2.38. The van der Waals surface area contributed by atoms with E-state index in [0.717, 1.165) is 6.20 Å². The fraction of sp³-hybridized carbons (Fsp3) is 0.435. The number of ether oxygens (including phenoxy) is 1. The second kappa shape index (κ2) is 7.92. The number of alkyl halides is 3. The Labute approximate surface area is 197 Å². The third-order valence-corrected chi connectivity index (χ3v) is 7.42. The molecule has 0 bridgehead atoms. The Morgan fingerprint density at radius 2 is 1.54 bits per heavy atom. The number of aromatic amines is 1. The van der Waals surface area contributed by atoms with Crippen molar-refractivity contribution >= 4 is 22.8 Å². The van der Waals surface area contributed by atoms with Crippen LogP contribution < -0.4 is 4.74 Å². The predicted molar refractivity (Wildman–Crippen MR) is 115 cm³/mol. The van der Waals surface area contributed by atoms with Gasteiger partial charge in [-0.05, 0) is 54.0 Å². The molecule has 1 saturated carbocycles. The van der Waals surface area contributed by atoms with Crippen LogP contribution in [-0.2, 0) is 0 Å². The number of carbonyl (C=O) groups excluding carboxylic acids is 2. The summed E-state index contributed by atoms with van der Waals surface area (Å²) in [7, 11) is 0. The van der Waals surface area contributed by atoms with Crippen molar-refractivity contribution in [2.75, 3.05) is 32.8 Å². The highest BCUT2D eigenvalue weighted by molar-refractivity contribution is 5.97. The van der Waals surface area contributed by atoms with Gasteiger partial charge in [-0.15, -0.1) is 0 Å². The van der Waals surface area contributed by atoms with Gasteiger partial charge in [0.25, 0.3) is 11.8 Å². The lowest BCUT2D eigenvalue weighted by molar-refractivity contribution is -0.153. The van der Waals surface area contributed by atoms with Crippen molar-refractivity contribution in [1.82, 2.24) is 30.2 Å². The Hall–Kier alpha value is -3.70. The number of hydrogen-bond acceptors (Lipinski definition) is 6. The summed E-state index contributed by atoms with van der Waals surface area (Å²) in [5, 5.41) is 10.6. The Bertz CT molecular complexity index is 1270. The van der Waals surface area contributed by atoms with Crippen LogP contribution in [0.2, 0.25) is 0 Å². The van der Waals surface area contributed by atoms with Crippen LogP contribution in [0.15, 0.2) is 36.5 Å². The minimum Gasteiger partial charge on any atom is -0.483 e. The van der Waals surface area contributed by atoms with Gasteiger partial charge in [-0.1, -0.05) is 0 Å². The topological polar surface area (TPSA) is 104 Å². The van der Waals surface area contributed by atoms with Gasteiger partial charge in [0.2, 0.25) is 0 Å². The van der Waals surface area contributed by atoms with E-state index in [1.807, 2.05) is 4.90 Å². The van der Waals surface area contributed by atoms with Gasteiger partial charge in [0.05, 0.1) is 6.20 Å². The van der Waals surface area contributed by atoms with E-state index in [-0.39, 0.29) is 23.3 Å². The number of hydrogen-bond donors (Lipinski definition) is 1. The maximum absolute atomic E-state index is 13.1. The SMILES string of the molecule is O=C(c1ccc2n[nH]nc2c1)N1C[C@@H]2[C@H](C1)[C@H]1CN(C(=O)c3ccc(OCC(F)(F)F)cn3)C[C@@H]21. The van der Waals surface area contributed by atoms with Crippen LogP contribution in [0.4, 0.5) is 13.2 Å². The average molecular weight is 486 g/mol. The number of likely N-dealkylation sites (tertiary alicyclic amines) is 2. The van der Waals surface area contributed by atoms with Gasteiger partial charge < -0.3 is 14.5 Å². The van der Waals surface area contributed by atoms with Crippen molar-refractivity contribution in [3.05, 3.63) is 47.8 Å². The molecular weight excluding hydrogens is 465 g/mol. The quantitative estimate of drug-likeness (QED) is 0.607. The number of halogens is 3. The second-order valence-corrected chi connectivity index (χ2v) is 9.39. The third kappa shape index (κ3) is 3.86. The fourth-order valence-electron chi connectivity index (χ4n) is 5.78. The number of H-pyrrole nitrogens is 1. The van der Waals surface area contributed by atoms with Crippen molar-refractivity contribution < 1.29 is 27.5 Å². The first kappa shape index (κ1) is 21.8. The number of carbonyl (C=O) groups is 2. The summed E-state index contributed by atoms with van der Waals surface area (Å²) in [5.41, 5.74) is 2.12. The minimum absolute atomic E-state index is 0.0210. The number of benzene rings is 1. The normalized spacial score (nSPS) is 25.3. The first-order chi connectivity index (χ1) is 16.8. The maximum Gasteiger partial charge on any atom is 0.422 e. The van der Waals surface area contributed by atoms with Crippen LogP contribution in [0.25, 0.3) is 11.0 Å². The lowest BCUT2D eigenvalue weighted by Gasteiger charge is -2.42. The Morgan fingerprint density at radius 3 is 2.14 bits per heavy atom. The zero-order valence-electron chi connectivity index (χ0n) is 18.4. The summed E-state index contributed by atoms with van der Waals surface area (Å²) in [6, 6.07) is 8.00. The number of aromatic nitrogens is 4. The van der Waals surface area contributed by atoms with Crippen molar-refractivity contribution in [3.8, 4) is 5.75 Å². The van der Waals surface area contributed by atoms with Crippen LogP contribution in [0.3, 0.4) is 0 Å². The molecule has 4 heterocycles. The molecule has 3 aromatic rings. The highest BCUT2D eigenvalue weighted by Gasteiger charge is 2.59. The molecule has 35 heavy (non-hydrogen) atoms. The molecule has 1 aromatic carbocycles. The molecule has 1 N–H and O–H groups in total. The van der Waals surface area contributed by atoms with Crippen molar-refractivity contribution in [1.29, 1.82) is 0 Å². The molecule has 0 radical (unpaired) electrons. The van der Waals surface area contributed by atoms with Crippen molar-refractivity contribution in [3.63, 3.8) is 0 Å². The molecule has 2 amide bonds. The van der Waals surface area contributed by atoms with E-state index in [9.17, 15) is 22.8 Å². The molecule has 0 unspecified atom stereocenters. The Kier molecular flexibility index (Phi) is 4.94. The number of rotatable bonds is 4. The van der Waals surface area contributed by atoms with Gasteiger partial charge in [-0.25, -0.2) is 4.98 Å². The number of nitrogens with zero attached hydrogens (tertiary/aromatic N) is 5. The second-order valence-electron chi connectivity index (χ2n) is 9.39. The summed E-state index contributed by atoms with van der Waals surface area (Å²) in [6.07, 6.45) is -3.30. The lowest BCUT2D eigenvalue weighted by atomic mass is 9.60. The molecule has 9 nitrogen and oxygen atoms in total. The first-order valence-electron chi connectivity index (χ1n) is 11.3. The molecule has 3 fully saturated rings. The van der Waals surface area contributed by atoms with E-state index >= 15 is 0 Å². The molecule has 2 saturated heterocycles. The first-order valence-corrected chi connectivity index (χ1v) is 11.3. The molecule has 182 valence electrons. The molecule has 3 aliphatic rings. The highest BCUT2D eigenvalue weighted by atomic mass is 19.4. The maximum atomic E-state index is 13.1. The largest absolute Gasteiger partial charge is 0.483 e. The molecule has 2 aliphatic heterocycles. The Morgan fingerprint density at radius 1 is 0.914 bits per heavy atom. The molecule has 4 atom stereocenters. The van der Waals surface area contributed by atoms with E-state index in [4.69, 9.17) is 0 Å².